The van der Waals surface area contributed by atoms with Crippen LogP contribution in [0.4, 0.5) is 5.69 Å². The third kappa shape index (κ3) is 4.90. The number of phenols is 2. The SMILES string of the molecule is CCN(CCN1CCCC1c1ccco1)C(=O)/C(C#N)=C/c1cc(O)c(O)c([N+](=O)[O-])c1. The average Bonchev–Trinajstić information content (AvgIpc) is 3.46. The molecule has 32 heavy (non-hydrogen) atoms. The number of carbonyl (C=O) groups is 1. The number of rotatable bonds is 8. The summed E-state index contributed by atoms with van der Waals surface area (Å²) < 4.78 is 5.53. The first-order valence-electron chi connectivity index (χ1n) is 10.2. The Kier molecular flexibility index (Phi) is 7.12. The number of nitriles is 1. The second-order valence-electron chi connectivity index (χ2n) is 7.43. The van der Waals surface area contributed by atoms with Gasteiger partial charge < -0.3 is 19.5 Å². The van der Waals surface area contributed by atoms with Crippen LogP contribution in [0, 0.1) is 21.4 Å². The summed E-state index contributed by atoms with van der Waals surface area (Å²) in [7, 11) is 0. The highest BCUT2D eigenvalue weighted by Gasteiger charge is 2.29. The molecule has 10 nitrogen and oxygen atoms in total. The number of phenolic OH excluding ortho intramolecular Hbond substituents is 2. The van der Waals surface area contributed by atoms with E-state index in [9.17, 15) is 30.4 Å². The summed E-state index contributed by atoms with van der Waals surface area (Å²) in [6.45, 7) is 4.06. The van der Waals surface area contributed by atoms with Crippen molar-refractivity contribution in [2.75, 3.05) is 26.2 Å². The van der Waals surface area contributed by atoms with Crippen LogP contribution in [-0.4, -0.2) is 57.0 Å². The Bertz CT molecular complexity index is 1060. The second-order valence-corrected chi connectivity index (χ2v) is 7.43. The number of benzene rings is 1. The van der Waals surface area contributed by atoms with Gasteiger partial charge in [0, 0.05) is 25.7 Å². The van der Waals surface area contributed by atoms with Crippen LogP contribution in [0.1, 0.15) is 37.1 Å². The van der Waals surface area contributed by atoms with Gasteiger partial charge in [0.15, 0.2) is 5.75 Å². The van der Waals surface area contributed by atoms with Gasteiger partial charge in [-0.15, -0.1) is 0 Å². The number of hydrogen-bond acceptors (Lipinski definition) is 8. The molecule has 1 aliphatic rings. The number of nitro groups is 1. The molecule has 0 bridgehead atoms. The van der Waals surface area contributed by atoms with Crippen molar-refractivity contribution in [2.45, 2.75) is 25.8 Å². The molecule has 2 aromatic rings. The lowest BCUT2D eigenvalue weighted by atomic mass is 10.1. The number of likely N-dealkylation sites (tertiary alicyclic amines) is 1. The van der Waals surface area contributed by atoms with E-state index in [4.69, 9.17) is 4.42 Å². The smallest absolute Gasteiger partial charge is 0.315 e. The zero-order chi connectivity index (χ0) is 23.3. The van der Waals surface area contributed by atoms with E-state index in [1.54, 1.807) is 13.2 Å². The van der Waals surface area contributed by atoms with Crippen molar-refractivity contribution in [3.63, 3.8) is 0 Å². The molecular formula is C22H24N4O6. The molecule has 0 aliphatic carbocycles. The van der Waals surface area contributed by atoms with E-state index in [1.807, 2.05) is 18.2 Å². The second kappa shape index (κ2) is 9.98. The molecule has 1 aromatic heterocycles. The number of likely N-dealkylation sites (N-methyl/N-ethyl adjacent to an activating group) is 1. The summed E-state index contributed by atoms with van der Waals surface area (Å²) in [6.07, 6.45) is 4.81. The van der Waals surface area contributed by atoms with Gasteiger partial charge in [-0.3, -0.25) is 19.8 Å². The number of carbonyl (C=O) groups excluding carboxylic acids is 1. The first-order valence-corrected chi connectivity index (χ1v) is 10.2. The van der Waals surface area contributed by atoms with E-state index in [1.165, 1.54) is 11.0 Å². The first-order chi connectivity index (χ1) is 15.3. The minimum absolute atomic E-state index is 0.0605. The molecule has 0 radical (unpaired) electrons. The molecule has 1 aliphatic heterocycles. The van der Waals surface area contributed by atoms with Crippen molar-refractivity contribution in [3.8, 4) is 17.6 Å². The Morgan fingerprint density at radius 3 is 2.88 bits per heavy atom. The van der Waals surface area contributed by atoms with E-state index < -0.39 is 28.0 Å². The van der Waals surface area contributed by atoms with Crippen LogP contribution >= 0.6 is 0 Å². The van der Waals surface area contributed by atoms with E-state index >= 15 is 0 Å². The van der Waals surface area contributed by atoms with Crippen molar-refractivity contribution in [1.82, 2.24) is 9.80 Å². The van der Waals surface area contributed by atoms with Gasteiger partial charge in [-0.05, 0) is 56.1 Å². The van der Waals surface area contributed by atoms with Crippen LogP contribution in [0.2, 0.25) is 0 Å². The number of nitrogens with zero attached hydrogens (tertiary/aromatic N) is 4. The number of nitro benzene ring substituents is 1. The van der Waals surface area contributed by atoms with Crippen LogP contribution < -0.4 is 0 Å². The Morgan fingerprint density at radius 1 is 1.47 bits per heavy atom. The molecular weight excluding hydrogens is 416 g/mol. The van der Waals surface area contributed by atoms with Crippen molar-refractivity contribution >= 4 is 17.7 Å². The van der Waals surface area contributed by atoms with Gasteiger partial charge in [0.05, 0.1) is 17.2 Å². The van der Waals surface area contributed by atoms with Crippen molar-refractivity contribution < 1.29 is 24.3 Å². The molecule has 1 amide bonds. The molecule has 2 N–H and O–H groups in total. The normalized spacial score (nSPS) is 16.6. The topological polar surface area (TPSA) is 144 Å². The predicted octanol–water partition coefficient (Wildman–Crippen LogP) is 3.19. The largest absolute Gasteiger partial charge is 0.504 e. The van der Waals surface area contributed by atoms with Gasteiger partial charge in [-0.1, -0.05) is 0 Å². The summed E-state index contributed by atoms with van der Waals surface area (Å²) in [4.78, 5) is 26.9. The van der Waals surface area contributed by atoms with E-state index in [-0.39, 0.29) is 17.2 Å². The van der Waals surface area contributed by atoms with Crippen molar-refractivity contribution in [2.24, 2.45) is 0 Å². The molecule has 1 aromatic carbocycles. The maximum Gasteiger partial charge on any atom is 0.315 e. The third-order valence-corrected chi connectivity index (χ3v) is 5.51. The highest BCUT2D eigenvalue weighted by atomic mass is 16.6. The molecule has 168 valence electrons. The van der Waals surface area contributed by atoms with Crippen LogP contribution in [-0.2, 0) is 4.79 Å². The number of amides is 1. The number of hydrogen-bond donors (Lipinski definition) is 2. The van der Waals surface area contributed by atoms with Crippen LogP contribution in [0.3, 0.4) is 0 Å². The van der Waals surface area contributed by atoms with Gasteiger partial charge in [-0.25, -0.2) is 0 Å². The number of aromatic hydroxyl groups is 2. The summed E-state index contributed by atoms with van der Waals surface area (Å²) in [5, 5.41) is 39.9. The molecule has 0 saturated carbocycles. The third-order valence-electron chi connectivity index (χ3n) is 5.51. The Hall–Kier alpha value is -3.84. The van der Waals surface area contributed by atoms with Crippen molar-refractivity contribution in [3.05, 3.63) is 57.5 Å². The standard InChI is InChI=1S/C22H24N4O6/c1-2-24(8-9-25-7-3-5-17(25)20-6-4-10-32-20)22(29)16(14-23)11-15-12-18(26(30)31)21(28)19(27)13-15/h4,6,10-13,17,27-28H,2-3,5,7-9H2,1H3/b16-11+. The van der Waals surface area contributed by atoms with Gasteiger partial charge in [0.2, 0.25) is 5.75 Å². The van der Waals surface area contributed by atoms with Gasteiger partial charge in [0.1, 0.15) is 17.4 Å². The average molecular weight is 440 g/mol. The van der Waals surface area contributed by atoms with E-state index in [0.717, 1.165) is 37.3 Å². The lowest BCUT2D eigenvalue weighted by molar-refractivity contribution is -0.386. The van der Waals surface area contributed by atoms with Crippen LogP contribution in [0.25, 0.3) is 6.08 Å². The zero-order valence-corrected chi connectivity index (χ0v) is 17.6. The lowest BCUT2D eigenvalue weighted by Crippen LogP contribution is -2.39. The Balaban J connectivity index is 1.75. The molecule has 1 saturated heterocycles. The zero-order valence-electron chi connectivity index (χ0n) is 17.6. The van der Waals surface area contributed by atoms with Gasteiger partial charge in [-0.2, -0.15) is 5.26 Å². The molecule has 1 atom stereocenters. The summed E-state index contributed by atoms with van der Waals surface area (Å²) in [5.74, 6) is -1.20. The maximum atomic E-state index is 12.9. The summed E-state index contributed by atoms with van der Waals surface area (Å²) in [6, 6.07) is 7.83. The monoisotopic (exact) mass is 440 g/mol. The predicted molar refractivity (Wildman–Crippen MR) is 115 cm³/mol. The maximum absolute atomic E-state index is 12.9. The van der Waals surface area contributed by atoms with Gasteiger partial charge in [0.25, 0.3) is 5.91 Å². The molecule has 3 rings (SSSR count). The molecule has 10 heteroatoms. The fourth-order valence-electron chi connectivity index (χ4n) is 3.88. The first kappa shape index (κ1) is 22.8. The highest BCUT2D eigenvalue weighted by molar-refractivity contribution is 6.01. The summed E-state index contributed by atoms with van der Waals surface area (Å²) in [5.41, 5.74) is -0.882. The van der Waals surface area contributed by atoms with Crippen LogP contribution in [0.15, 0.2) is 40.5 Å². The fraction of sp³-hybridized carbons (Fsp3) is 0.364. The lowest BCUT2D eigenvalue weighted by Gasteiger charge is -2.27. The molecule has 2 heterocycles. The Morgan fingerprint density at radius 2 is 2.25 bits per heavy atom. The fourth-order valence-corrected chi connectivity index (χ4v) is 3.88. The van der Waals surface area contributed by atoms with Crippen molar-refractivity contribution in [1.29, 1.82) is 5.26 Å². The minimum Gasteiger partial charge on any atom is -0.504 e. The van der Waals surface area contributed by atoms with Crippen LogP contribution in [0.5, 0.6) is 11.5 Å². The quantitative estimate of drug-likeness (QED) is 0.209. The molecule has 1 fully saturated rings. The van der Waals surface area contributed by atoms with Gasteiger partial charge >= 0.3 is 5.69 Å². The molecule has 0 spiro atoms. The number of furan rings is 1. The Labute approximate surface area is 184 Å². The highest BCUT2D eigenvalue weighted by Crippen LogP contribution is 2.36. The molecule has 1 unspecified atom stereocenters. The minimum atomic E-state index is -0.871. The summed E-state index contributed by atoms with van der Waals surface area (Å²) >= 11 is 0. The van der Waals surface area contributed by atoms with E-state index in [0.29, 0.717) is 19.6 Å². The van der Waals surface area contributed by atoms with E-state index in [2.05, 4.69) is 4.90 Å².